The van der Waals surface area contributed by atoms with Crippen molar-refractivity contribution in [1.82, 2.24) is 9.80 Å². The molecule has 3 saturated heterocycles. The Hall–Kier alpha value is -1.63. The van der Waals surface area contributed by atoms with Crippen molar-refractivity contribution in [2.45, 2.75) is 57.2 Å². The van der Waals surface area contributed by atoms with Gasteiger partial charge < -0.3 is 0 Å². The molecule has 1 aromatic carbocycles. The van der Waals surface area contributed by atoms with Crippen molar-refractivity contribution in [2.75, 3.05) is 19.6 Å². The number of nitriles is 1. The maximum absolute atomic E-state index is 9.47. The molecule has 5 rings (SSSR count). The van der Waals surface area contributed by atoms with Crippen LogP contribution < -0.4 is 0 Å². The Morgan fingerprint density at radius 2 is 2.04 bits per heavy atom. The number of piperidine rings is 3. The first kappa shape index (κ1) is 16.5. The Morgan fingerprint density at radius 3 is 2.96 bits per heavy atom. The zero-order valence-corrected chi connectivity index (χ0v) is 15.6. The van der Waals surface area contributed by atoms with Crippen LogP contribution in [0.3, 0.4) is 0 Å². The summed E-state index contributed by atoms with van der Waals surface area (Å²) in [5, 5.41) is 9.47. The molecule has 136 valence electrons. The minimum Gasteiger partial charge on any atom is -0.299 e. The zero-order chi connectivity index (χ0) is 17.5. The average Bonchev–Trinajstić information content (AvgIpc) is 2.68. The van der Waals surface area contributed by atoms with Gasteiger partial charge in [-0.1, -0.05) is 36.3 Å². The van der Waals surface area contributed by atoms with E-state index in [1.807, 2.05) is 12.1 Å². The molecule has 0 amide bonds. The van der Waals surface area contributed by atoms with Crippen LogP contribution in [-0.2, 0) is 6.54 Å². The fraction of sp³-hybridized carbons (Fsp3) is 0.609. The minimum atomic E-state index is 0.606. The van der Waals surface area contributed by atoms with Crippen LogP contribution >= 0.6 is 0 Å². The summed E-state index contributed by atoms with van der Waals surface area (Å²) < 4.78 is 0. The van der Waals surface area contributed by atoms with Crippen LogP contribution in [0.2, 0.25) is 0 Å². The first-order valence-electron chi connectivity index (χ1n) is 10.5. The molecule has 4 atom stereocenters. The van der Waals surface area contributed by atoms with Crippen LogP contribution in [0.4, 0.5) is 0 Å². The fourth-order valence-corrected chi connectivity index (χ4v) is 6.25. The molecule has 0 aromatic heterocycles. The second-order valence-corrected chi connectivity index (χ2v) is 8.75. The Labute approximate surface area is 157 Å². The van der Waals surface area contributed by atoms with E-state index < -0.39 is 0 Å². The molecule has 0 saturated carbocycles. The molecule has 0 N–H and O–H groups in total. The third kappa shape index (κ3) is 2.80. The van der Waals surface area contributed by atoms with Crippen LogP contribution in [0.5, 0.6) is 0 Å². The van der Waals surface area contributed by atoms with E-state index in [9.17, 15) is 5.26 Å². The van der Waals surface area contributed by atoms with Gasteiger partial charge in [-0.25, -0.2) is 0 Å². The van der Waals surface area contributed by atoms with Gasteiger partial charge in [0.15, 0.2) is 0 Å². The second-order valence-electron chi connectivity index (χ2n) is 8.75. The van der Waals surface area contributed by atoms with Gasteiger partial charge in [0.1, 0.15) is 0 Å². The Bertz CT molecular complexity index is 746. The summed E-state index contributed by atoms with van der Waals surface area (Å²) in [4.78, 5) is 5.50. The Morgan fingerprint density at radius 1 is 1.12 bits per heavy atom. The third-order valence-corrected chi connectivity index (χ3v) is 7.27. The predicted molar refractivity (Wildman–Crippen MR) is 103 cm³/mol. The van der Waals surface area contributed by atoms with Gasteiger partial charge >= 0.3 is 0 Å². The molecular weight excluding hydrogens is 318 g/mol. The second kappa shape index (κ2) is 6.83. The number of rotatable bonds is 2. The lowest BCUT2D eigenvalue weighted by Crippen LogP contribution is -2.59. The van der Waals surface area contributed by atoms with E-state index in [4.69, 9.17) is 0 Å². The standard InChI is InChI=1S/C23H29N3/c24-14-18-6-1-2-7-19(18)15-26-11-5-8-17-12-20-13-21(23(17)26)16-25-10-4-3-9-22(20)25/h1-2,6-7,12,20-23H,3-5,8-11,13,15-16H2/t20-,21+,22+,23+/m0/s1. The van der Waals surface area contributed by atoms with Gasteiger partial charge in [-0.2, -0.15) is 5.26 Å². The summed E-state index contributed by atoms with van der Waals surface area (Å²) in [5.41, 5.74) is 3.76. The Kier molecular flexibility index (Phi) is 4.35. The number of likely N-dealkylation sites (tertiary alicyclic amines) is 1. The molecule has 26 heavy (non-hydrogen) atoms. The predicted octanol–water partition coefficient (Wildman–Crippen LogP) is 3.95. The van der Waals surface area contributed by atoms with Crippen LogP contribution in [-0.4, -0.2) is 41.5 Å². The highest BCUT2D eigenvalue weighted by Crippen LogP contribution is 2.45. The molecule has 3 nitrogen and oxygen atoms in total. The molecule has 0 radical (unpaired) electrons. The first-order chi connectivity index (χ1) is 12.8. The molecule has 3 fully saturated rings. The van der Waals surface area contributed by atoms with Gasteiger partial charge in [-0.05, 0) is 68.7 Å². The SMILES string of the molecule is N#Cc1ccccc1CN1CCCC2=C[C@H]3C[C@H](CN4CCCC[C@H]34)[C@@H]21. The van der Waals surface area contributed by atoms with E-state index in [1.54, 1.807) is 5.57 Å². The fourth-order valence-electron chi connectivity index (χ4n) is 6.25. The molecular formula is C23H29N3. The first-order valence-corrected chi connectivity index (χ1v) is 10.5. The maximum Gasteiger partial charge on any atom is 0.0995 e. The number of fused-ring (bicyclic) bond motifs is 6. The molecule has 0 unspecified atom stereocenters. The van der Waals surface area contributed by atoms with Crippen LogP contribution in [0.1, 0.15) is 49.7 Å². The molecule has 1 aliphatic carbocycles. The van der Waals surface area contributed by atoms with Crippen molar-refractivity contribution >= 4 is 0 Å². The van der Waals surface area contributed by atoms with Crippen LogP contribution in [0, 0.1) is 23.2 Å². The highest BCUT2D eigenvalue weighted by atomic mass is 15.2. The number of hydrogen-bond acceptors (Lipinski definition) is 3. The van der Waals surface area contributed by atoms with E-state index in [0.717, 1.165) is 30.0 Å². The van der Waals surface area contributed by atoms with E-state index >= 15 is 0 Å². The van der Waals surface area contributed by atoms with E-state index in [1.165, 1.54) is 63.7 Å². The van der Waals surface area contributed by atoms with Gasteiger partial charge in [-0.3, -0.25) is 9.80 Å². The van der Waals surface area contributed by atoms with Gasteiger partial charge in [0, 0.05) is 25.2 Å². The summed E-state index contributed by atoms with van der Waals surface area (Å²) in [6.45, 7) is 4.70. The highest BCUT2D eigenvalue weighted by molar-refractivity contribution is 5.37. The van der Waals surface area contributed by atoms with Crippen molar-refractivity contribution in [3.63, 3.8) is 0 Å². The molecule has 2 bridgehead atoms. The van der Waals surface area contributed by atoms with Gasteiger partial charge in [0.25, 0.3) is 0 Å². The summed E-state index contributed by atoms with van der Waals surface area (Å²) in [7, 11) is 0. The van der Waals surface area contributed by atoms with Crippen molar-refractivity contribution < 1.29 is 0 Å². The zero-order valence-electron chi connectivity index (χ0n) is 15.6. The Balaban J connectivity index is 1.43. The quantitative estimate of drug-likeness (QED) is 0.759. The summed E-state index contributed by atoms with van der Waals surface area (Å²) in [6, 6.07) is 12.0. The van der Waals surface area contributed by atoms with Gasteiger partial charge in [0.05, 0.1) is 11.6 Å². The lowest BCUT2D eigenvalue weighted by Gasteiger charge is -2.54. The summed E-state index contributed by atoms with van der Waals surface area (Å²) in [6.07, 6.45) is 10.8. The van der Waals surface area contributed by atoms with Crippen LogP contribution in [0.25, 0.3) is 0 Å². The average molecular weight is 348 g/mol. The number of benzene rings is 1. The van der Waals surface area contributed by atoms with Crippen LogP contribution in [0.15, 0.2) is 35.9 Å². The smallest absolute Gasteiger partial charge is 0.0995 e. The summed E-state index contributed by atoms with van der Waals surface area (Å²) in [5.74, 6) is 1.58. The van der Waals surface area contributed by atoms with Gasteiger partial charge in [0.2, 0.25) is 0 Å². The molecule has 1 aromatic rings. The number of nitrogens with zero attached hydrogens (tertiary/aromatic N) is 3. The monoisotopic (exact) mass is 347 g/mol. The molecule has 4 aliphatic rings. The van der Waals surface area contributed by atoms with Crippen molar-refractivity contribution in [3.8, 4) is 6.07 Å². The normalized spacial score (nSPS) is 34.3. The van der Waals surface area contributed by atoms with E-state index in [-0.39, 0.29) is 0 Å². The molecule has 3 heteroatoms. The van der Waals surface area contributed by atoms with Gasteiger partial charge in [-0.15, -0.1) is 0 Å². The van der Waals surface area contributed by atoms with Crippen molar-refractivity contribution in [3.05, 3.63) is 47.0 Å². The number of hydrogen-bond donors (Lipinski definition) is 0. The topological polar surface area (TPSA) is 30.3 Å². The lowest BCUT2D eigenvalue weighted by molar-refractivity contribution is -0.00266. The van der Waals surface area contributed by atoms with E-state index in [2.05, 4.69) is 34.1 Å². The van der Waals surface area contributed by atoms with Crippen molar-refractivity contribution in [1.29, 1.82) is 5.26 Å². The molecule has 3 heterocycles. The third-order valence-electron chi connectivity index (χ3n) is 7.27. The lowest BCUT2D eigenvalue weighted by atomic mass is 9.68. The van der Waals surface area contributed by atoms with E-state index in [0.29, 0.717) is 6.04 Å². The summed E-state index contributed by atoms with van der Waals surface area (Å²) >= 11 is 0. The highest BCUT2D eigenvalue weighted by Gasteiger charge is 2.45. The van der Waals surface area contributed by atoms with Crippen molar-refractivity contribution in [2.24, 2.45) is 11.8 Å². The maximum atomic E-state index is 9.47. The largest absolute Gasteiger partial charge is 0.299 e. The molecule has 0 spiro atoms. The minimum absolute atomic E-state index is 0.606. The molecule has 3 aliphatic heterocycles.